The largest absolute Gasteiger partial charge is 0.393 e. The Kier molecular flexibility index (Phi) is 4.17. The van der Waals surface area contributed by atoms with Crippen molar-refractivity contribution in [1.82, 2.24) is 0 Å². The maximum absolute atomic E-state index is 9.47. The van der Waals surface area contributed by atoms with Crippen LogP contribution in [0.15, 0.2) is 0 Å². The number of hydrogen-bond acceptors (Lipinski definition) is 2. The van der Waals surface area contributed by atoms with E-state index in [1.54, 1.807) is 13.8 Å². The summed E-state index contributed by atoms with van der Waals surface area (Å²) >= 11 is 0. The number of hydrogen-bond donors (Lipinski definition) is 2. The van der Waals surface area contributed by atoms with Gasteiger partial charge in [0.2, 0.25) is 0 Å². The summed E-state index contributed by atoms with van der Waals surface area (Å²) in [6.07, 6.45) is -0.0807. The molecule has 0 bridgehead atoms. The van der Waals surface area contributed by atoms with Crippen LogP contribution in [-0.4, -0.2) is 54.1 Å². The molecule has 0 saturated carbocycles. The third-order valence-electron chi connectivity index (χ3n) is 2.13. The molecular formula is C9H22NO2+. The number of quaternary nitrogens is 1. The molecule has 0 rings (SSSR count). The molecule has 0 saturated heterocycles. The lowest BCUT2D eigenvalue weighted by molar-refractivity contribution is -0.900. The van der Waals surface area contributed by atoms with Crippen LogP contribution in [-0.2, 0) is 0 Å². The molecule has 0 spiro atoms. The van der Waals surface area contributed by atoms with Crippen LogP contribution >= 0.6 is 0 Å². The van der Waals surface area contributed by atoms with Crippen molar-refractivity contribution in [3.63, 3.8) is 0 Å². The second-order valence-electron chi connectivity index (χ2n) is 4.51. The highest BCUT2D eigenvalue weighted by molar-refractivity contribution is 4.67. The van der Waals surface area contributed by atoms with Crippen molar-refractivity contribution in [3.8, 4) is 0 Å². The van der Waals surface area contributed by atoms with Gasteiger partial charge in [0.15, 0.2) is 0 Å². The minimum absolute atomic E-state index is 0.102. The summed E-state index contributed by atoms with van der Waals surface area (Å²) in [5.41, 5.74) is 0. The number of rotatable bonds is 4. The minimum atomic E-state index is -0.375. The zero-order valence-corrected chi connectivity index (χ0v) is 8.78. The van der Waals surface area contributed by atoms with E-state index in [0.29, 0.717) is 10.9 Å². The van der Waals surface area contributed by atoms with Gasteiger partial charge in [-0.25, -0.2) is 0 Å². The molecule has 74 valence electrons. The fourth-order valence-electron chi connectivity index (χ4n) is 1.51. The first-order chi connectivity index (χ1) is 5.25. The van der Waals surface area contributed by atoms with E-state index in [1.165, 1.54) is 0 Å². The zero-order valence-electron chi connectivity index (χ0n) is 8.78. The zero-order chi connectivity index (χ0) is 9.94. The highest BCUT2D eigenvalue weighted by atomic mass is 16.3. The van der Waals surface area contributed by atoms with E-state index >= 15 is 0 Å². The molecule has 0 heterocycles. The first-order valence-corrected chi connectivity index (χ1v) is 4.42. The lowest BCUT2D eigenvalue weighted by atomic mass is 10.0. The van der Waals surface area contributed by atoms with E-state index in [9.17, 15) is 10.2 Å². The van der Waals surface area contributed by atoms with Gasteiger partial charge in [0, 0.05) is 6.42 Å². The van der Waals surface area contributed by atoms with E-state index in [0.717, 1.165) is 0 Å². The maximum atomic E-state index is 9.47. The summed E-state index contributed by atoms with van der Waals surface area (Å²) in [7, 11) is 6.08. The van der Waals surface area contributed by atoms with Gasteiger partial charge in [-0.05, 0) is 13.8 Å². The Morgan fingerprint density at radius 2 is 1.50 bits per heavy atom. The van der Waals surface area contributed by atoms with Crippen LogP contribution in [0.2, 0.25) is 0 Å². The third-order valence-corrected chi connectivity index (χ3v) is 2.13. The summed E-state index contributed by atoms with van der Waals surface area (Å²) in [5.74, 6) is 0. The van der Waals surface area contributed by atoms with Crippen molar-refractivity contribution in [2.45, 2.75) is 38.5 Å². The van der Waals surface area contributed by atoms with E-state index in [2.05, 4.69) is 0 Å². The van der Waals surface area contributed by atoms with Gasteiger partial charge in [-0.3, -0.25) is 0 Å². The summed E-state index contributed by atoms with van der Waals surface area (Å²) in [6, 6.07) is 0.102. The molecule has 3 nitrogen and oxygen atoms in total. The van der Waals surface area contributed by atoms with Crippen molar-refractivity contribution in [2.75, 3.05) is 21.1 Å². The fourth-order valence-corrected chi connectivity index (χ4v) is 1.51. The van der Waals surface area contributed by atoms with Crippen LogP contribution in [0.1, 0.15) is 20.3 Å². The third kappa shape index (κ3) is 4.04. The summed E-state index contributed by atoms with van der Waals surface area (Å²) in [4.78, 5) is 0. The van der Waals surface area contributed by atoms with Gasteiger partial charge in [-0.15, -0.1) is 0 Å². The average molecular weight is 176 g/mol. The monoisotopic (exact) mass is 176 g/mol. The molecule has 0 aromatic rings. The van der Waals surface area contributed by atoms with E-state index in [1.807, 2.05) is 21.1 Å². The van der Waals surface area contributed by atoms with Gasteiger partial charge in [-0.1, -0.05) is 0 Å². The number of nitrogens with zero attached hydrogens (tertiary/aromatic N) is 1. The SMILES string of the molecule is CC(O)CC(C(C)O)[N+](C)(C)C. The summed E-state index contributed by atoms with van der Waals surface area (Å²) in [5, 5.41) is 18.7. The predicted molar refractivity (Wildman–Crippen MR) is 49.8 cm³/mol. The molecule has 0 fully saturated rings. The summed E-state index contributed by atoms with van der Waals surface area (Å²) in [6.45, 7) is 3.53. The topological polar surface area (TPSA) is 40.5 Å². The lowest BCUT2D eigenvalue weighted by Gasteiger charge is -2.36. The Hall–Kier alpha value is -0.120. The molecule has 12 heavy (non-hydrogen) atoms. The van der Waals surface area contributed by atoms with E-state index in [4.69, 9.17) is 0 Å². The van der Waals surface area contributed by atoms with Crippen LogP contribution in [0, 0.1) is 0 Å². The van der Waals surface area contributed by atoms with Gasteiger partial charge < -0.3 is 14.7 Å². The maximum Gasteiger partial charge on any atom is 0.117 e. The highest BCUT2D eigenvalue weighted by Gasteiger charge is 2.29. The van der Waals surface area contributed by atoms with Crippen molar-refractivity contribution >= 4 is 0 Å². The molecule has 0 radical (unpaired) electrons. The molecule has 0 aromatic heterocycles. The number of aliphatic hydroxyl groups excluding tert-OH is 2. The van der Waals surface area contributed by atoms with Gasteiger partial charge in [0.05, 0.1) is 27.2 Å². The molecule has 0 aromatic carbocycles. The highest BCUT2D eigenvalue weighted by Crippen LogP contribution is 2.14. The standard InChI is InChI=1S/C9H22NO2/c1-7(11)6-9(8(2)12)10(3,4)5/h7-9,11-12H,6H2,1-5H3/q+1. The van der Waals surface area contributed by atoms with Crippen molar-refractivity contribution in [1.29, 1.82) is 0 Å². The average Bonchev–Trinajstić information content (AvgIpc) is 1.79. The van der Waals surface area contributed by atoms with Crippen LogP contribution in [0.5, 0.6) is 0 Å². The quantitative estimate of drug-likeness (QED) is 0.601. The first-order valence-electron chi connectivity index (χ1n) is 4.42. The van der Waals surface area contributed by atoms with E-state index in [-0.39, 0.29) is 18.2 Å². The Morgan fingerprint density at radius 3 is 1.58 bits per heavy atom. The molecule has 3 unspecified atom stereocenters. The van der Waals surface area contributed by atoms with Gasteiger partial charge in [0.1, 0.15) is 12.1 Å². The Bertz CT molecular complexity index is 127. The molecule has 2 N–H and O–H groups in total. The van der Waals surface area contributed by atoms with Crippen molar-refractivity contribution in [2.24, 2.45) is 0 Å². The molecule has 3 atom stereocenters. The van der Waals surface area contributed by atoms with Crippen LogP contribution < -0.4 is 0 Å². The Balaban J connectivity index is 4.25. The van der Waals surface area contributed by atoms with Gasteiger partial charge >= 0.3 is 0 Å². The number of likely N-dealkylation sites (N-methyl/N-ethyl adjacent to an activating group) is 1. The van der Waals surface area contributed by atoms with Crippen LogP contribution in [0.4, 0.5) is 0 Å². The smallest absolute Gasteiger partial charge is 0.117 e. The van der Waals surface area contributed by atoms with Crippen molar-refractivity contribution < 1.29 is 14.7 Å². The minimum Gasteiger partial charge on any atom is -0.393 e. The molecule has 0 aliphatic heterocycles. The lowest BCUT2D eigenvalue weighted by Crippen LogP contribution is -2.52. The molecule has 0 aliphatic rings. The number of aliphatic hydroxyl groups is 2. The van der Waals surface area contributed by atoms with Crippen LogP contribution in [0.3, 0.4) is 0 Å². The summed E-state index contributed by atoms with van der Waals surface area (Å²) < 4.78 is 0.683. The van der Waals surface area contributed by atoms with E-state index < -0.39 is 0 Å². The Labute approximate surface area is 75.2 Å². The normalized spacial score (nSPS) is 20.2. The predicted octanol–water partition coefficient (Wildman–Crippen LogP) is 0.213. The fraction of sp³-hybridized carbons (Fsp3) is 1.00. The molecule has 0 amide bonds. The second-order valence-corrected chi connectivity index (χ2v) is 4.51. The van der Waals surface area contributed by atoms with Crippen LogP contribution in [0.25, 0.3) is 0 Å². The molecule has 0 aliphatic carbocycles. The van der Waals surface area contributed by atoms with Crippen molar-refractivity contribution in [3.05, 3.63) is 0 Å². The van der Waals surface area contributed by atoms with Gasteiger partial charge in [-0.2, -0.15) is 0 Å². The second kappa shape index (κ2) is 4.21. The molecular weight excluding hydrogens is 154 g/mol. The molecule has 3 heteroatoms. The van der Waals surface area contributed by atoms with Gasteiger partial charge in [0.25, 0.3) is 0 Å². The first kappa shape index (κ1) is 11.9. The Morgan fingerprint density at radius 1 is 1.08 bits per heavy atom.